The number of hydrogen-bond acceptors (Lipinski definition) is 7. The number of benzene rings is 2. The first-order valence-corrected chi connectivity index (χ1v) is 8.56. The molecule has 0 aliphatic heterocycles. The molecule has 0 aliphatic rings. The van der Waals surface area contributed by atoms with Crippen molar-refractivity contribution in [2.24, 2.45) is 0 Å². The van der Waals surface area contributed by atoms with E-state index in [1.807, 2.05) is 0 Å². The summed E-state index contributed by atoms with van der Waals surface area (Å²) in [6.07, 6.45) is -0.0413. The third-order valence-corrected chi connectivity index (χ3v) is 4.01. The normalized spacial score (nSPS) is 10.1. The van der Waals surface area contributed by atoms with Gasteiger partial charge in [0.1, 0.15) is 6.61 Å². The lowest BCUT2D eigenvalue weighted by atomic mass is 10.1. The van der Waals surface area contributed by atoms with Gasteiger partial charge in [0.15, 0.2) is 17.3 Å². The van der Waals surface area contributed by atoms with E-state index in [2.05, 4.69) is 4.74 Å². The number of carbonyl (C=O) groups excluding carboxylic acids is 3. The van der Waals surface area contributed by atoms with E-state index in [0.29, 0.717) is 28.2 Å². The maximum Gasteiger partial charge on any atom is 0.337 e. The van der Waals surface area contributed by atoms with Gasteiger partial charge in [0.25, 0.3) is 0 Å². The molecule has 2 aromatic carbocycles. The first-order valence-electron chi connectivity index (χ1n) is 8.56. The number of ketones is 1. The highest BCUT2D eigenvalue weighted by Crippen LogP contribution is 2.28. The lowest BCUT2D eigenvalue weighted by molar-refractivity contribution is -0.144. The smallest absolute Gasteiger partial charge is 0.337 e. The van der Waals surface area contributed by atoms with Crippen LogP contribution in [0.3, 0.4) is 0 Å². The predicted molar refractivity (Wildman–Crippen MR) is 101 cm³/mol. The van der Waals surface area contributed by atoms with E-state index in [1.165, 1.54) is 21.3 Å². The Morgan fingerprint density at radius 1 is 0.821 bits per heavy atom. The van der Waals surface area contributed by atoms with Crippen LogP contribution in [0.2, 0.25) is 0 Å². The number of esters is 2. The molecule has 148 valence electrons. The highest BCUT2D eigenvalue weighted by Gasteiger charge is 2.14. The van der Waals surface area contributed by atoms with Crippen molar-refractivity contribution in [2.45, 2.75) is 19.4 Å². The largest absolute Gasteiger partial charge is 0.493 e. The molecule has 0 aliphatic carbocycles. The second-order valence-corrected chi connectivity index (χ2v) is 5.85. The van der Waals surface area contributed by atoms with E-state index in [9.17, 15) is 14.4 Å². The summed E-state index contributed by atoms with van der Waals surface area (Å²) >= 11 is 0. The molecule has 0 amide bonds. The second-order valence-electron chi connectivity index (χ2n) is 5.85. The van der Waals surface area contributed by atoms with Gasteiger partial charge in [-0.1, -0.05) is 12.1 Å². The molecule has 2 aromatic rings. The molecular weight excluding hydrogens is 364 g/mol. The van der Waals surface area contributed by atoms with Gasteiger partial charge in [-0.15, -0.1) is 0 Å². The van der Waals surface area contributed by atoms with E-state index in [4.69, 9.17) is 14.2 Å². The number of hydrogen-bond donors (Lipinski definition) is 0. The van der Waals surface area contributed by atoms with E-state index in [-0.39, 0.29) is 25.2 Å². The number of rotatable bonds is 9. The summed E-state index contributed by atoms with van der Waals surface area (Å²) in [6, 6.07) is 11.4. The Labute approximate surface area is 163 Å². The predicted octanol–water partition coefficient (Wildman–Crippen LogP) is 3.20. The Morgan fingerprint density at radius 3 is 2.25 bits per heavy atom. The molecule has 0 atom stereocenters. The fourth-order valence-corrected chi connectivity index (χ4v) is 2.51. The lowest BCUT2D eigenvalue weighted by Gasteiger charge is -2.09. The van der Waals surface area contributed by atoms with E-state index >= 15 is 0 Å². The molecule has 2 rings (SSSR count). The fourth-order valence-electron chi connectivity index (χ4n) is 2.51. The summed E-state index contributed by atoms with van der Waals surface area (Å²) in [5, 5.41) is 0. The quantitative estimate of drug-likeness (QED) is 0.483. The summed E-state index contributed by atoms with van der Waals surface area (Å²) < 4.78 is 20.1. The minimum Gasteiger partial charge on any atom is -0.493 e. The van der Waals surface area contributed by atoms with Crippen molar-refractivity contribution in [3.63, 3.8) is 0 Å². The third kappa shape index (κ3) is 5.57. The average molecular weight is 386 g/mol. The molecule has 0 saturated carbocycles. The van der Waals surface area contributed by atoms with E-state index in [1.54, 1.807) is 42.5 Å². The summed E-state index contributed by atoms with van der Waals surface area (Å²) in [5.41, 5.74) is 1.46. The zero-order valence-electron chi connectivity index (χ0n) is 16.0. The van der Waals surface area contributed by atoms with Crippen LogP contribution in [0, 0.1) is 0 Å². The van der Waals surface area contributed by atoms with Crippen LogP contribution >= 0.6 is 0 Å². The SMILES string of the molecule is COC(=O)c1cccc(COC(=O)CCC(=O)c2ccc(OC)c(OC)c2)c1. The molecule has 0 spiro atoms. The Hall–Kier alpha value is -3.35. The highest BCUT2D eigenvalue weighted by molar-refractivity contribution is 5.98. The Balaban J connectivity index is 1.87. The van der Waals surface area contributed by atoms with Gasteiger partial charge in [0.05, 0.1) is 33.3 Å². The maximum atomic E-state index is 12.3. The Kier molecular flexibility index (Phi) is 7.56. The maximum absolute atomic E-state index is 12.3. The number of methoxy groups -OCH3 is 3. The van der Waals surface area contributed by atoms with Crippen LogP contribution in [0.5, 0.6) is 11.5 Å². The van der Waals surface area contributed by atoms with Crippen molar-refractivity contribution in [2.75, 3.05) is 21.3 Å². The summed E-state index contributed by atoms with van der Waals surface area (Å²) in [6.45, 7) is 0.00815. The van der Waals surface area contributed by atoms with Gasteiger partial charge in [-0.2, -0.15) is 0 Å². The molecule has 0 bridgehead atoms. The van der Waals surface area contributed by atoms with Crippen LogP contribution in [0.15, 0.2) is 42.5 Å². The number of carbonyl (C=O) groups is 3. The number of ether oxygens (including phenoxy) is 4. The number of Topliss-reactive ketones (excluding diaryl/α,β-unsaturated/α-hetero) is 1. The standard InChI is InChI=1S/C21H22O7/c1-25-18-9-7-15(12-19(18)26-2)17(22)8-10-20(23)28-13-14-5-4-6-16(11-14)21(24)27-3/h4-7,9,11-12H,8,10,13H2,1-3H3. The van der Waals surface area contributed by atoms with Crippen molar-refractivity contribution < 1.29 is 33.3 Å². The van der Waals surface area contributed by atoms with Gasteiger partial charge in [-0.05, 0) is 35.9 Å². The van der Waals surface area contributed by atoms with Crippen LogP contribution in [-0.4, -0.2) is 39.1 Å². The minimum atomic E-state index is -0.503. The monoisotopic (exact) mass is 386 g/mol. The first kappa shape index (κ1) is 21.0. The molecule has 0 unspecified atom stereocenters. The summed E-state index contributed by atoms with van der Waals surface area (Å²) in [7, 11) is 4.29. The van der Waals surface area contributed by atoms with Crippen LogP contribution in [-0.2, 0) is 20.9 Å². The first-order chi connectivity index (χ1) is 13.5. The van der Waals surface area contributed by atoms with Gasteiger partial charge in [0.2, 0.25) is 0 Å². The molecule has 0 N–H and O–H groups in total. The Bertz CT molecular complexity index is 858. The van der Waals surface area contributed by atoms with Gasteiger partial charge < -0.3 is 18.9 Å². The van der Waals surface area contributed by atoms with Gasteiger partial charge in [0, 0.05) is 12.0 Å². The van der Waals surface area contributed by atoms with Crippen molar-refractivity contribution in [3.05, 3.63) is 59.2 Å². The molecule has 0 radical (unpaired) electrons. The van der Waals surface area contributed by atoms with Crippen molar-refractivity contribution in [1.29, 1.82) is 0 Å². The van der Waals surface area contributed by atoms with Gasteiger partial charge in [-0.25, -0.2) is 4.79 Å². The fraction of sp³-hybridized carbons (Fsp3) is 0.286. The van der Waals surface area contributed by atoms with Gasteiger partial charge >= 0.3 is 11.9 Å². The zero-order chi connectivity index (χ0) is 20.5. The topological polar surface area (TPSA) is 88.1 Å². The summed E-state index contributed by atoms with van der Waals surface area (Å²) in [4.78, 5) is 35.7. The zero-order valence-corrected chi connectivity index (χ0v) is 16.0. The van der Waals surface area contributed by atoms with Crippen LogP contribution < -0.4 is 9.47 Å². The van der Waals surface area contributed by atoms with E-state index < -0.39 is 11.9 Å². The highest BCUT2D eigenvalue weighted by atomic mass is 16.5. The molecule has 28 heavy (non-hydrogen) atoms. The van der Waals surface area contributed by atoms with Gasteiger partial charge in [-0.3, -0.25) is 9.59 Å². The summed E-state index contributed by atoms with van der Waals surface area (Å²) in [5.74, 6) is -0.203. The third-order valence-electron chi connectivity index (χ3n) is 4.01. The van der Waals surface area contributed by atoms with Crippen molar-refractivity contribution >= 4 is 17.7 Å². The van der Waals surface area contributed by atoms with Crippen molar-refractivity contribution in [1.82, 2.24) is 0 Å². The molecule has 0 fully saturated rings. The van der Waals surface area contributed by atoms with E-state index in [0.717, 1.165) is 0 Å². The average Bonchev–Trinajstić information content (AvgIpc) is 2.74. The minimum absolute atomic E-state index is 0.00815. The molecule has 0 aromatic heterocycles. The second kappa shape index (κ2) is 10.1. The van der Waals surface area contributed by atoms with Crippen LogP contribution in [0.1, 0.15) is 39.1 Å². The molecule has 0 saturated heterocycles. The molecule has 7 heteroatoms. The van der Waals surface area contributed by atoms with Crippen molar-refractivity contribution in [3.8, 4) is 11.5 Å². The molecular formula is C21H22O7. The molecule has 7 nitrogen and oxygen atoms in total. The van der Waals surface area contributed by atoms with Crippen LogP contribution in [0.4, 0.5) is 0 Å². The molecule has 0 heterocycles. The van der Waals surface area contributed by atoms with Crippen LogP contribution in [0.25, 0.3) is 0 Å². The Morgan fingerprint density at radius 2 is 1.57 bits per heavy atom. The lowest BCUT2D eigenvalue weighted by Crippen LogP contribution is -2.09.